The minimum atomic E-state index is 0.250. The SMILES string of the molecule is CCCCCCCCCOc1ccc(C2=CC(=O)C(CCCCC)CC2)cc1. The lowest BCUT2D eigenvalue weighted by Gasteiger charge is -2.21. The first kappa shape index (κ1) is 22.7. The van der Waals surface area contributed by atoms with E-state index in [4.69, 9.17) is 4.74 Å². The van der Waals surface area contributed by atoms with Gasteiger partial charge in [-0.3, -0.25) is 4.79 Å². The van der Waals surface area contributed by atoms with Crippen LogP contribution >= 0.6 is 0 Å². The molecule has 1 atom stereocenters. The standard InChI is InChI=1S/C26H40O2/c1-3-5-7-8-9-10-12-20-28-25-18-16-22(17-19-25)24-15-14-23(26(27)21-24)13-11-6-4-2/h16-19,21,23H,3-15,20H2,1-2H3. The van der Waals surface area contributed by atoms with Gasteiger partial charge in [-0.05, 0) is 55.0 Å². The molecule has 1 unspecified atom stereocenters. The predicted octanol–water partition coefficient (Wildman–Crippen LogP) is 7.76. The molecule has 2 nitrogen and oxygen atoms in total. The maximum absolute atomic E-state index is 12.4. The summed E-state index contributed by atoms with van der Waals surface area (Å²) in [5.41, 5.74) is 2.36. The molecule has 1 aromatic rings. The van der Waals surface area contributed by atoms with E-state index in [2.05, 4.69) is 38.1 Å². The third kappa shape index (κ3) is 8.20. The summed E-state index contributed by atoms with van der Waals surface area (Å²) in [4.78, 5) is 12.4. The van der Waals surface area contributed by atoms with Crippen LogP contribution in [0.3, 0.4) is 0 Å². The van der Waals surface area contributed by atoms with E-state index in [0.717, 1.165) is 38.0 Å². The molecule has 0 heterocycles. The number of carbonyl (C=O) groups is 1. The van der Waals surface area contributed by atoms with Gasteiger partial charge in [0.15, 0.2) is 5.78 Å². The molecule has 0 saturated heterocycles. The average molecular weight is 385 g/mol. The van der Waals surface area contributed by atoms with Crippen LogP contribution in [0.25, 0.3) is 5.57 Å². The highest BCUT2D eigenvalue weighted by molar-refractivity contribution is 5.99. The molecule has 0 spiro atoms. The Labute approximate surface area is 172 Å². The maximum Gasteiger partial charge on any atom is 0.159 e. The zero-order valence-electron chi connectivity index (χ0n) is 18.2. The van der Waals surface area contributed by atoms with Crippen LogP contribution in [-0.2, 0) is 4.79 Å². The summed E-state index contributed by atoms with van der Waals surface area (Å²) in [6, 6.07) is 8.32. The van der Waals surface area contributed by atoms with E-state index >= 15 is 0 Å². The van der Waals surface area contributed by atoms with E-state index in [1.807, 2.05) is 6.08 Å². The van der Waals surface area contributed by atoms with Gasteiger partial charge < -0.3 is 4.74 Å². The molecule has 1 aromatic carbocycles. The van der Waals surface area contributed by atoms with E-state index in [9.17, 15) is 4.79 Å². The van der Waals surface area contributed by atoms with Crippen molar-refractivity contribution in [2.75, 3.05) is 6.61 Å². The van der Waals surface area contributed by atoms with E-state index < -0.39 is 0 Å². The minimum Gasteiger partial charge on any atom is -0.494 e. The van der Waals surface area contributed by atoms with Crippen LogP contribution in [0.1, 0.15) is 103 Å². The summed E-state index contributed by atoms with van der Waals surface area (Å²) in [5.74, 6) is 1.52. The van der Waals surface area contributed by atoms with Crippen molar-refractivity contribution >= 4 is 11.4 Å². The molecule has 1 aliphatic rings. The zero-order chi connectivity index (χ0) is 20.0. The van der Waals surface area contributed by atoms with E-state index in [-0.39, 0.29) is 5.92 Å². The summed E-state index contributed by atoms with van der Waals surface area (Å²) in [6.45, 7) is 5.27. The molecule has 0 radical (unpaired) electrons. The van der Waals surface area contributed by atoms with Crippen molar-refractivity contribution < 1.29 is 9.53 Å². The number of allylic oxidation sites excluding steroid dienone is 2. The second kappa shape index (κ2) is 13.6. The van der Waals surface area contributed by atoms with Crippen LogP contribution in [0.15, 0.2) is 30.3 Å². The largest absolute Gasteiger partial charge is 0.494 e. The van der Waals surface area contributed by atoms with Crippen LogP contribution in [0.4, 0.5) is 0 Å². The smallest absolute Gasteiger partial charge is 0.159 e. The average Bonchev–Trinajstić information content (AvgIpc) is 2.72. The summed E-state index contributed by atoms with van der Waals surface area (Å²) in [6.07, 6.45) is 17.7. The number of hydrogen-bond donors (Lipinski definition) is 0. The van der Waals surface area contributed by atoms with Gasteiger partial charge in [0.05, 0.1) is 6.61 Å². The Morgan fingerprint density at radius 3 is 2.18 bits per heavy atom. The molecular formula is C26H40O2. The summed E-state index contributed by atoms with van der Waals surface area (Å²) >= 11 is 0. The van der Waals surface area contributed by atoms with Crippen molar-refractivity contribution in [3.63, 3.8) is 0 Å². The van der Waals surface area contributed by atoms with Gasteiger partial charge in [0, 0.05) is 5.92 Å². The molecule has 2 heteroatoms. The Balaban J connectivity index is 1.70. The van der Waals surface area contributed by atoms with Crippen molar-refractivity contribution in [2.24, 2.45) is 5.92 Å². The normalized spacial score (nSPS) is 16.9. The molecule has 1 aliphatic carbocycles. The molecule has 2 rings (SSSR count). The lowest BCUT2D eigenvalue weighted by Crippen LogP contribution is -2.17. The fraction of sp³-hybridized carbons (Fsp3) is 0.654. The van der Waals surface area contributed by atoms with Gasteiger partial charge in [-0.15, -0.1) is 0 Å². The van der Waals surface area contributed by atoms with E-state index in [1.54, 1.807) is 0 Å². The van der Waals surface area contributed by atoms with E-state index in [1.165, 1.54) is 68.9 Å². The molecule has 0 fully saturated rings. The third-order valence-electron chi connectivity index (χ3n) is 5.88. The summed E-state index contributed by atoms with van der Waals surface area (Å²) in [7, 11) is 0. The van der Waals surface area contributed by atoms with Crippen molar-refractivity contribution in [2.45, 2.75) is 97.3 Å². The monoisotopic (exact) mass is 384 g/mol. The lowest BCUT2D eigenvalue weighted by molar-refractivity contribution is -0.118. The van der Waals surface area contributed by atoms with Crippen LogP contribution in [0.2, 0.25) is 0 Å². The number of unbranched alkanes of at least 4 members (excludes halogenated alkanes) is 8. The van der Waals surface area contributed by atoms with Gasteiger partial charge in [0.2, 0.25) is 0 Å². The molecule has 0 aliphatic heterocycles. The molecule has 0 bridgehead atoms. The number of carbonyl (C=O) groups excluding carboxylic acids is 1. The first-order valence-electron chi connectivity index (χ1n) is 11.7. The van der Waals surface area contributed by atoms with Crippen molar-refractivity contribution in [1.29, 1.82) is 0 Å². The molecule has 0 amide bonds. The quantitative estimate of drug-likeness (QED) is 0.306. The van der Waals surface area contributed by atoms with Crippen LogP contribution in [-0.4, -0.2) is 12.4 Å². The Morgan fingerprint density at radius 1 is 0.857 bits per heavy atom. The first-order valence-corrected chi connectivity index (χ1v) is 11.7. The van der Waals surface area contributed by atoms with E-state index in [0.29, 0.717) is 5.78 Å². The molecule has 28 heavy (non-hydrogen) atoms. The van der Waals surface area contributed by atoms with Crippen molar-refractivity contribution in [3.8, 4) is 5.75 Å². The summed E-state index contributed by atoms with van der Waals surface area (Å²) in [5, 5.41) is 0. The Bertz CT molecular complexity index is 585. The first-order chi connectivity index (χ1) is 13.7. The third-order valence-corrected chi connectivity index (χ3v) is 5.88. The highest BCUT2D eigenvalue weighted by atomic mass is 16.5. The molecule has 156 valence electrons. The van der Waals surface area contributed by atoms with Crippen LogP contribution in [0.5, 0.6) is 5.75 Å². The minimum absolute atomic E-state index is 0.250. The zero-order valence-corrected chi connectivity index (χ0v) is 18.2. The molecule has 0 aromatic heterocycles. The van der Waals surface area contributed by atoms with Crippen molar-refractivity contribution in [1.82, 2.24) is 0 Å². The molecule has 0 N–H and O–H groups in total. The maximum atomic E-state index is 12.4. The second-order valence-corrected chi connectivity index (χ2v) is 8.30. The van der Waals surface area contributed by atoms with Gasteiger partial charge in [-0.2, -0.15) is 0 Å². The fourth-order valence-electron chi connectivity index (χ4n) is 4.00. The number of ketones is 1. The lowest BCUT2D eigenvalue weighted by atomic mass is 9.83. The Hall–Kier alpha value is -1.57. The number of benzene rings is 1. The predicted molar refractivity (Wildman–Crippen MR) is 120 cm³/mol. The topological polar surface area (TPSA) is 26.3 Å². The molecular weight excluding hydrogens is 344 g/mol. The molecule has 0 saturated carbocycles. The number of ether oxygens (including phenoxy) is 1. The van der Waals surface area contributed by atoms with Gasteiger partial charge in [-0.25, -0.2) is 0 Å². The highest BCUT2D eigenvalue weighted by Gasteiger charge is 2.22. The Morgan fingerprint density at radius 2 is 1.50 bits per heavy atom. The number of rotatable bonds is 14. The Kier molecular flexibility index (Phi) is 11.0. The van der Waals surface area contributed by atoms with Gasteiger partial charge in [-0.1, -0.05) is 83.8 Å². The van der Waals surface area contributed by atoms with Crippen molar-refractivity contribution in [3.05, 3.63) is 35.9 Å². The van der Waals surface area contributed by atoms with Crippen LogP contribution in [0, 0.1) is 5.92 Å². The van der Waals surface area contributed by atoms with Gasteiger partial charge in [0.1, 0.15) is 5.75 Å². The van der Waals surface area contributed by atoms with Crippen LogP contribution < -0.4 is 4.74 Å². The van der Waals surface area contributed by atoms with Gasteiger partial charge in [0.25, 0.3) is 0 Å². The summed E-state index contributed by atoms with van der Waals surface area (Å²) < 4.78 is 5.88. The fourth-order valence-corrected chi connectivity index (χ4v) is 4.00. The highest BCUT2D eigenvalue weighted by Crippen LogP contribution is 2.31. The number of hydrogen-bond acceptors (Lipinski definition) is 2. The van der Waals surface area contributed by atoms with Gasteiger partial charge >= 0.3 is 0 Å². The second-order valence-electron chi connectivity index (χ2n) is 8.30.